The van der Waals surface area contributed by atoms with E-state index in [9.17, 15) is 8.78 Å². The number of halogens is 4. The Kier molecular flexibility index (Phi) is 5.47. The quantitative estimate of drug-likeness (QED) is 0.639. The van der Waals surface area contributed by atoms with Crippen LogP contribution in [0.4, 0.5) is 8.78 Å². The second-order valence-corrected chi connectivity index (χ2v) is 5.44. The van der Waals surface area contributed by atoms with E-state index >= 15 is 0 Å². The van der Waals surface area contributed by atoms with Gasteiger partial charge < -0.3 is 15.4 Å². The molecule has 1 saturated carbocycles. The van der Waals surface area contributed by atoms with E-state index in [-0.39, 0.29) is 17.3 Å². The summed E-state index contributed by atoms with van der Waals surface area (Å²) in [5, 5.41) is 6.60. The van der Waals surface area contributed by atoms with E-state index < -0.39 is 6.61 Å². The molecule has 1 aromatic carbocycles. The lowest BCUT2D eigenvalue weighted by molar-refractivity contribution is -0.0504. The molecule has 1 fully saturated rings. The SMILES string of the molecule is CN=C(NCc1cc(Cl)cc(Cl)c1OC(F)F)NC1CC1. The molecule has 0 aromatic heterocycles. The van der Waals surface area contributed by atoms with Gasteiger partial charge in [0.05, 0.1) is 5.02 Å². The van der Waals surface area contributed by atoms with E-state index in [1.165, 1.54) is 12.1 Å². The van der Waals surface area contributed by atoms with E-state index in [1.54, 1.807) is 7.05 Å². The Bertz CT molecular complexity index is 536. The molecule has 116 valence electrons. The topological polar surface area (TPSA) is 45.7 Å². The third kappa shape index (κ3) is 4.89. The van der Waals surface area contributed by atoms with Crippen molar-refractivity contribution < 1.29 is 13.5 Å². The van der Waals surface area contributed by atoms with Gasteiger partial charge in [-0.1, -0.05) is 23.2 Å². The molecule has 0 heterocycles. The molecule has 8 heteroatoms. The predicted octanol–water partition coefficient (Wildman–Crippen LogP) is 3.42. The van der Waals surface area contributed by atoms with Crippen LogP contribution in [0.2, 0.25) is 10.0 Å². The van der Waals surface area contributed by atoms with Crippen LogP contribution in [-0.2, 0) is 6.54 Å². The van der Waals surface area contributed by atoms with Gasteiger partial charge in [-0.2, -0.15) is 8.78 Å². The standard InChI is InChI=1S/C13H15Cl2F2N3O/c1-18-13(20-9-2-3-9)19-6-7-4-8(14)5-10(15)11(7)21-12(16)17/h4-5,9,12H,2-3,6H2,1H3,(H2,18,19,20). The average Bonchev–Trinajstić information content (AvgIpc) is 3.21. The fourth-order valence-electron chi connectivity index (χ4n) is 1.76. The van der Waals surface area contributed by atoms with Gasteiger partial charge in [0.1, 0.15) is 5.75 Å². The van der Waals surface area contributed by atoms with E-state index in [4.69, 9.17) is 23.2 Å². The van der Waals surface area contributed by atoms with Crippen molar-refractivity contribution in [3.05, 3.63) is 27.7 Å². The monoisotopic (exact) mass is 337 g/mol. The third-order valence-corrected chi connectivity index (χ3v) is 3.38. The lowest BCUT2D eigenvalue weighted by Gasteiger charge is -2.15. The van der Waals surface area contributed by atoms with E-state index in [1.807, 2.05) is 0 Å². The first kappa shape index (κ1) is 16.1. The van der Waals surface area contributed by atoms with E-state index in [2.05, 4.69) is 20.4 Å². The summed E-state index contributed by atoms with van der Waals surface area (Å²) < 4.78 is 29.4. The van der Waals surface area contributed by atoms with Crippen LogP contribution in [0.25, 0.3) is 0 Å². The second kappa shape index (κ2) is 7.13. The van der Waals surface area contributed by atoms with Gasteiger partial charge >= 0.3 is 6.61 Å². The number of benzene rings is 1. The normalized spacial score (nSPS) is 15.2. The Balaban J connectivity index is 2.09. The molecule has 0 bridgehead atoms. The zero-order valence-electron chi connectivity index (χ0n) is 11.3. The summed E-state index contributed by atoms with van der Waals surface area (Å²) in [7, 11) is 1.64. The summed E-state index contributed by atoms with van der Waals surface area (Å²) in [6.45, 7) is -2.74. The fraction of sp³-hybridized carbons (Fsp3) is 0.462. The van der Waals surface area contributed by atoms with E-state index in [0.29, 0.717) is 22.6 Å². The minimum atomic E-state index is -2.95. The second-order valence-electron chi connectivity index (χ2n) is 4.60. The molecule has 0 saturated heterocycles. The number of aliphatic imine (C=N–C) groups is 1. The first-order valence-corrected chi connectivity index (χ1v) is 7.15. The minimum absolute atomic E-state index is 0.0461. The van der Waals surface area contributed by atoms with Gasteiger partial charge in [-0.25, -0.2) is 0 Å². The van der Waals surface area contributed by atoms with Gasteiger partial charge in [0.15, 0.2) is 5.96 Å². The van der Waals surface area contributed by atoms with Crippen molar-refractivity contribution in [2.24, 2.45) is 4.99 Å². The molecule has 4 nitrogen and oxygen atoms in total. The van der Waals surface area contributed by atoms with Crippen molar-refractivity contribution in [2.75, 3.05) is 7.05 Å². The highest BCUT2D eigenvalue weighted by Gasteiger charge is 2.22. The maximum absolute atomic E-state index is 12.5. The zero-order valence-corrected chi connectivity index (χ0v) is 12.8. The summed E-state index contributed by atoms with van der Waals surface area (Å²) >= 11 is 11.8. The highest BCUT2D eigenvalue weighted by molar-refractivity contribution is 6.35. The molecule has 21 heavy (non-hydrogen) atoms. The van der Waals surface area contributed by atoms with Crippen LogP contribution < -0.4 is 15.4 Å². The van der Waals surface area contributed by atoms with Crippen molar-refractivity contribution in [1.29, 1.82) is 0 Å². The van der Waals surface area contributed by atoms with Crippen LogP contribution >= 0.6 is 23.2 Å². The number of rotatable bonds is 5. The van der Waals surface area contributed by atoms with Crippen LogP contribution in [0, 0.1) is 0 Å². The highest BCUT2D eigenvalue weighted by Crippen LogP contribution is 2.33. The maximum atomic E-state index is 12.5. The van der Waals surface area contributed by atoms with Crippen LogP contribution in [0.1, 0.15) is 18.4 Å². The van der Waals surface area contributed by atoms with Gasteiger partial charge in [0, 0.05) is 30.2 Å². The van der Waals surface area contributed by atoms with Crippen LogP contribution in [0.15, 0.2) is 17.1 Å². The molecule has 0 aliphatic heterocycles. The summed E-state index contributed by atoms with van der Waals surface area (Å²) in [6, 6.07) is 3.32. The molecule has 1 aromatic rings. The number of guanidine groups is 1. The highest BCUT2D eigenvalue weighted by atomic mass is 35.5. The van der Waals surface area contributed by atoms with Gasteiger partial charge in [0.2, 0.25) is 0 Å². The molecule has 0 atom stereocenters. The van der Waals surface area contributed by atoms with Crippen LogP contribution in [0.5, 0.6) is 5.75 Å². The largest absolute Gasteiger partial charge is 0.433 e. The smallest absolute Gasteiger partial charge is 0.387 e. The number of nitrogens with zero attached hydrogens (tertiary/aromatic N) is 1. The Morgan fingerprint density at radius 3 is 2.71 bits per heavy atom. The summed E-state index contributed by atoms with van der Waals surface area (Å²) in [4.78, 5) is 4.06. The first-order valence-electron chi connectivity index (χ1n) is 6.39. The van der Waals surface area contributed by atoms with Crippen molar-refractivity contribution in [2.45, 2.75) is 32.0 Å². The fourth-order valence-corrected chi connectivity index (χ4v) is 2.34. The molecular formula is C13H15Cl2F2N3O. The minimum Gasteiger partial charge on any atom is -0.433 e. The first-order chi connectivity index (χ1) is 9.99. The average molecular weight is 338 g/mol. The molecular weight excluding hydrogens is 323 g/mol. The maximum Gasteiger partial charge on any atom is 0.387 e. The lowest BCUT2D eigenvalue weighted by Crippen LogP contribution is -2.38. The van der Waals surface area contributed by atoms with Gasteiger partial charge in [0.25, 0.3) is 0 Å². The molecule has 2 rings (SSSR count). The van der Waals surface area contributed by atoms with Crippen LogP contribution in [-0.4, -0.2) is 25.7 Å². The van der Waals surface area contributed by atoms with Gasteiger partial charge in [-0.05, 0) is 25.0 Å². The number of nitrogens with one attached hydrogen (secondary N) is 2. The molecule has 0 radical (unpaired) electrons. The van der Waals surface area contributed by atoms with Crippen molar-refractivity contribution in [3.63, 3.8) is 0 Å². The predicted molar refractivity (Wildman–Crippen MR) is 79.5 cm³/mol. The summed E-state index contributed by atoms with van der Waals surface area (Å²) in [6.07, 6.45) is 2.20. The van der Waals surface area contributed by atoms with Crippen molar-refractivity contribution in [3.8, 4) is 5.75 Å². The van der Waals surface area contributed by atoms with Crippen LogP contribution in [0.3, 0.4) is 0 Å². The number of hydrogen-bond acceptors (Lipinski definition) is 2. The Labute approximate surface area is 131 Å². The summed E-state index contributed by atoms with van der Waals surface area (Å²) in [5.41, 5.74) is 0.437. The number of hydrogen-bond donors (Lipinski definition) is 2. The Hall–Kier alpha value is -1.27. The Morgan fingerprint density at radius 1 is 1.43 bits per heavy atom. The molecule has 0 unspecified atom stereocenters. The molecule has 1 aliphatic rings. The van der Waals surface area contributed by atoms with Gasteiger partial charge in [-0.3, -0.25) is 4.99 Å². The lowest BCUT2D eigenvalue weighted by atomic mass is 10.2. The van der Waals surface area contributed by atoms with E-state index in [0.717, 1.165) is 12.8 Å². The molecule has 0 spiro atoms. The molecule has 1 aliphatic carbocycles. The molecule has 2 N–H and O–H groups in total. The zero-order chi connectivity index (χ0) is 15.4. The number of alkyl halides is 2. The number of ether oxygens (including phenoxy) is 1. The van der Waals surface area contributed by atoms with Gasteiger partial charge in [-0.15, -0.1) is 0 Å². The summed E-state index contributed by atoms with van der Waals surface area (Å²) in [5.74, 6) is 0.516. The molecule has 0 amide bonds. The van der Waals surface area contributed by atoms with Crippen molar-refractivity contribution in [1.82, 2.24) is 10.6 Å². The van der Waals surface area contributed by atoms with Crippen molar-refractivity contribution >= 4 is 29.2 Å². The third-order valence-electron chi connectivity index (χ3n) is 2.88. The Morgan fingerprint density at radius 2 is 2.14 bits per heavy atom.